The molecular weight excluding hydrogens is 286 g/mol. The van der Waals surface area contributed by atoms with E-state index in [2.05, 4.69) is 5.32 Å². The van der Waals surface area contributed by atoms with Crippen molar-refractivity contribution >= 4 is 29.3 Å². The molecule has 1 atom stereocenters. The largest absolute Gasteiger partial charge is 0.337 e. The minimum atomic E-state index is -0.119. The molecule has 2 rings (SSSR count). The maximum absolute atomic E-state index is 12.5. The number of nitrogens with two attached hydrogens (primary N) is 1. The highest BCUT2D eigenvalue weighted by molar-refractivity contribution is 7.98. The lowest BCUT2D eigenvalue weighted by atomic mass is 10.1. The highest BCUT2D eigenvalue weighted by Gasteiger charge is 2.22. The van der Waals surface area contributed by atoms with E-state index < -0.39 is 0 Å². The van der Waals surface area contributed by atoms with Crippen molar-refractivity contribution in [3.05, 3.63) is 23.8 Å². The average molecular weight is 307 g/mol. The zero-order chi connectivity index (χ0) is 15.4. The van der Waals surface area contributed by atoms with Crippen LogP contribution in [-0.2, 0) is 4.79 Å². The van der Waals surface area contributed by atoms with Gasteiger partial charge in [-0.25, -0.2) is 0 Å². The molecule has 1 heterocycles. The van der Waals surface area contributed by atoms with E-state index in [0.29, 0.717) is 12.1 Å². The molecule has 2 amide bonds. The van der Waals surface area contributed by atoms with Gasteiger partial charge >= 0.3 is 0 Å². The lowest BCUT2D eigenvalue weighted by Gasteiger charge is -2.31. The standard InChI is InChI=1S/C15H21N3O2S/c1-10(19)17-13-6-5-11(8-14(13)21-2)15(20)18-7-3-4-12(16)9-18/h5-6,8,12H,3-4,7,9,16H2,1-2H3,(H,17,19)/t12-/m0/s1. The van der Waals surface area contributed by atoms with Crippen molar-refractivity contribution in [2.24, 2.45) is 5.73 Å². The van der Waals surface area contributed by atoms with Crippen LogP contribution < -0.4 is 11.1 Å². The van der Waals surface area contributed by atoms with Crippen molar-refractivity contribution in [3.63, 3.8) is 0 Å². The van der Waals surface area contributed by atoms with Gasteiger partial charge in [0.2, 0.25) is 5.91 Å². The van der Waals surface area contributed by atoms with Crippen molar-refractivity contribution in [3.8, 4) is 0 Å². The molecule has 1 saturated heterocycles. The van der Waals surface area contributed by atoms with Crippen LogP contribution in [0.5, 0.6) is 0 Å². The number of carbonyl (C=O) groups is 2. The topological polar surface area (TPSA) is 75.4 Å². The van der Waals surface area contributed by atoms with E-state index in [-0.39, 0.29) is 17.9 Å². The third-order valence-corrected chi connectivity index (χ3v) is 4.28. The summed E-state index contributed by atoms with van der Waals surface area (Å²) >= 11 is 1.51. The second-order valence-corrected chi connectivity index (χ2v) is 6.10. The van der Waals surface area contributed by atoms with E-state index >= 15 is 0 Å². The molecule has 0 aliphatic carbocycles. The van der Waals surface area contributed by atoms with Crippen molar-refractivity contribution in [1.82, 2.24) is 4.90 Å². The molecule has 0 saturated carbocycles. The molecule has 0 unspecified atom stereocenters. The third kappa shape index (κ3) is 3.98. The Balaban J connectivity index is 2.19. The first-order chi connectivity index (χ1) is 10.0. The Kier molecular flexibility index (Phi) is 5.25. The molecule has 6 heteroatoms. The van der Waals surface area contributed by atoms with Crippen LogP contribution in [0.25, 0.3) is 0 Å². The number of rotatable bonds is 3. The summed E-state index contributed by atoms with van der Waals surface area (Å²) in [5.41, 5.74) is 7.31. The number of amides is 2. The van der Waals surface area contributed by atoms with Crippen molar-refractivity contribution in [2.75, 3.05) is 24.7 Å². The van der Waals surface area contributed by atoms with Gasteiger partial charge in [-0.15, -0.1) is 11.8 Å². The first kappa shape index (κ1) is 15.9. The maximum atomic E-state index is 12.5. The molecule has 0 radical (unpaired) electrons. The summed E-state index contributed by atoms with van der Waals surface area (Å²) in [5.74, 6) is -0.110. The van der Waals surface area contributed by atoms with Crippen LogP contribution in [0.2, 0.25) is 0 Å². The van der Waals surface area contributed by atoms with Crippen molar-refractivity contribution in [2.45, 2.75) is 30.7 Å². The van der Waals surface area contributed by atoms with Crippen LogP contribution in [0.15, 0.2) is 23.1 Å². The Morgan fingerprint density at radius 1 is 1.43 bits per heavy atom. The number of benzene rings is 1. The van der Waals surface area contributed by atoms with Gasteiger partial charge in [-0.3, -0.25) is 9.59 Å². The lowest BCUT2D eigenvalue weighted by molar-refractivity contribution is -0.114. The van der Waals surface area contributed by atoms with Crippen LogP contribution in [-0.4, -0.2) is 42.1 Å². The zero-order valence-electron chi connectivity index (χ0n) is 12.4. The summed E-state index contributed by atoms with van der Waals surface area (Å²) in [6, 6.07) is 5.44. The molecular formula is C15H21N3O2S. The Labute approximate surface area is 129 Å². The highest BCUT2D eigenvalue weighted by atomic mass is 32.2. The molecule has 1 aromatic rings. The molecule has 3 N–H and O–H groups in total. The zero-order valence-corrected chi connectivity index (χ0v) is 13.2. The summed E-state index contributed by atoms with van der Waals surface area (Å²) in [4.78, 5) is 26.4. The summed E-state index contributed by atoms with van der Waals surface area (Å²) in [7, 11) is 0. The van der Waals surface area contributed by atoms with Gasteiger partial charge in [0, 0.05) is 36.5 Å². The van der Waals surface area contributed by atoms with Crippen LogP contribution in [0.4, 0.5) is 5.69 Å². The molecule has 21 heavy (non-hydrogen) atoms. The highest BCUT2D eigenvalue weighted by Crippen LogP contribution is 2.27. The van der Waals surface area contributed by atoms with E-state index in [1.807, 2.05) is 17.2 Å². The number of anilines is 1. The first-order valence-corrected chi connectivity index (χ1v) is 8.24. The molecule has 1 fully saturated rings. The fourth-order valence-corrected chi connectivity index (χ4v) is 3.08. The van der Waals surface area contributed by atoms with Crippen LogP contribution in [0, 0.1) is 0 Å². The van der Waals surface area contributed by atoms with Crippen LogP contribution in [0.1, 0.15) is 30.1 Å². The maximum Gasteiger partial charge on any atom is 0.253 e. The molecule has 1 aliphatic heterocycles. The summed E-state index contributed by atoms with van der Waals surface area (Å²) in [6.45, 7) is 2.84. The van der Waals surface area contributed by atoms with E-state index in [9.17, 15) is 9.59 Å². The number of thioether (sulfide) groups is 1. The summed E-state index contributed by atoms with van der Waals surface area (Å²) in [6.07, 6.45) is 3.85. The molecule has 1 aliphatic rings. The van der Waals surface area contributed by atoms with Gasteiger partial charge in [0.25, 0.3) is 5.91 Å². The quantitative estimate of drug-likeness (QED) is 0.837. The van der Waals surface area contributed by atoms with E-state index in [1.54, 1.807) is 12.1 Å². The lowest BCUT2D eigenvalue weighted by Crippen LogP contribution is -2.45. The third-order valence-electron chi connectivity index (χ3n) is 3.50. The number of hydrogen-bond acceptors (Lipinski definition) is 4. The summed E-state index contributed by atoms with van der Waals surface area (Å²) in [5, 5.41) is 2.77. The second kappa shape index (κ2) is 6.95. The number of likely N-dealkylation sites (tertiary alicyclic amines) is 1. The monoisotopic (exact) mass is 307 g/mol. The molecule has 1 aromatic carbocycles. The minimum absolute atomic E-state index is 0.00910. The van der Waals surface area contributed by atoms with E-state index in [4.69, 9.17) is 5.73 Å². The Hall–Kier alpha value is -1.53. The van der Waals surface area contributed by atoms with E-state index in [1.165, 1.54) is 18.7 Å². The Morgan fingerprint density at radius 3 is 2.81 bits per heavy atom. The van der Waals surface area contributed by atoms with Gasteiger partial charge in [-0.05, 0) is 37.3 Å². The van der Waals surface area contributed by atoms with Crippen molar-refractivity contribution < 1.29 is 9.59 Å². The smallest absolute Gasteiger partial charge is 0.253 e. The Morgan fingerprint density at radius 2 is 2.19 bits per heavy atom. The van der Waals surface area contributed by atoms with Crippen LogP contribution >= 0.6 is 11.8 Å². The SMILES string of the molecule is CSc1cc(C(=O)N2CCC[C@H](N)C2)ccc1NC(C)=O. The average Bonchev–Trinajstić information content (AvgIpc) is 2.46. The number of carbonyl (C=O) groups excluding carboxylic acids is 2. The predicted molar refractivity (Wildman–Crippen MR) is 85.6 cm³/mol. The number of piperidine rings is 1. The number of hydrogen-bond donors (Lipinski definition) is 2. The fourth-order valence-electron chi connectivity index (χ4n) is 2.49. The van der Waals surface area contributed by atoms with E-state index in [0.717, 1.165) is 30.0 Å². The van der Waals surface area contributed by atoms with Crippen molar-refractivity contribution in [1.29, 1.82) is 0 Å². The van der Waals surface area contributed by atoms with Gasteiger partial charge < -0.3 is 16.0 Å². The fraction of sp³-hybridized carbons (Fsp3) is 0.467. The first-order valence-electron chi connectivity index (χ1n) is 7.01. The van der Waals surface area contributed by atoms with Gasteiger partial charge in [-0.2, -0.15) is 0 Å². The molecule has 5 nitrogen and oxygen atoms in total. The minimum Gasteiger partial charge on any atom is -0.337 e. The predicted octanol–water partition coefficient (Wildman–Crippen LogP) is 1.93. The van der Waals surface area contributed by atoms with Crippen LogP contribution in [0.3, 0.4) is 0 Å². The summed E-state index contributed by atoms with van der Waals surface area (Å²) < 4.78 is 0. The molecule has 0 bridgehead atoms. The van der Waals surface area contributed by atoms with Gasteiger partial charge in [0.05, 0.1) is 5.69 Å². The molecule has 0 aromatic heterocycles. The number of nitrogens with one attached hydrogen (secondary N) is 1. The second-order valence-electron chi connectivity index (χ2n) is 5.25. The Bertz CT molecular complexity index is 548. The van der Waals surface area contributed by atoms with Gasteiger partial charge in [0.1, 0.15) is 0 Å². The number of nitrogens with zero attached hydrogens (tertiary/aromatic N) is 1. The molecule has 114 valence electrons. The molecule has 0 spiro atoms. The van der Waals surface area contributed by atoms with Gasteiger partial charge in [-0.1, -0.05) is 0 Å². The van der Waals surface area contributed by atoms with Gasteiger partial charge in [0.15, 0.2) is 0 Å². The normalized spacial score (nSPS) is 18.4.